The van der Waals surface area contributed by atoms with Gasteiger partial charge in [-0.05, 0) is 35.9 Å². The Kier molecular flexibility index (Phi) is 5.79. The van der Waals surface area contributed by atoms with Crippen LogP contribution in [0.2, 0.25) is 0 Å². The standard InChI is InChI=1S/C15H13N3O2.2ClH/c16-11-4-1-9(2-5-11)7-14-17-12-6-3-10(15(19)20)8-13(12)18-14;;/h1-6,8H,7,16H2,(H,17,18)(H,19,20);2*1H/p-2. The number of nitrogen functional groups attached to an aromatic ring is 1. The van der Waals surface area contributed by atoms with Gasteiger partial charge in [-0.3, -0.25) is 0 Å². The largest absolute Gasteiger partial charge is 1.00 e. The lowest BCUT2D eigenvalue weighted by Crippen LogP contribution is -3.00. The van der Waals surface area contributed by atoms with E-state index in [0.717, 1.165) is 28.1 Å². The van der Waals surface area contributed by atoms with E-state index in [-0.39, 0.29) is 30.4 Å². The number of hydrogen-bond donors (Lipinski definition) is 3. The average molecular weight is 338 g/mol. The van der Waals surface area contributed by atoms with Crippen molar-refractivity contribution in [2.24, 2.45) is 0 Å². The van der Waals surface area contributed by atoms with Crippen LogP contribution in [0.3, 0.4) is 0 Å². The maximum atomic E-state index is 10.9. The first-order valence-corrected chi connectivity index (χ1v) is 6.18. The molecular formula is C15H13Cl2N3O2-2. The lowest BCUT2D eigenvalue weighted by molar-refractivity contribution is -0.00100. The van der Waals surface area contributed by atoms with Crippen molar-refractivity contribution < 1.29 is 34.7 Å². The maximum absolute atomic E-state index is 10.9. The summed E-state index contributed by atoms with van der Waals surface area (Å²) >= 11 is 0. The Morgan fingerprint density at radius 1 is 1.14 bits per heavy atom. The highest BCUT2D eigenvalue weighted by Crippen LogP contribution is 2.16. The Balaban J connectivity index is 0.00000121. The lowest BCUT2D eigenvalue weighted by Gasteiger charge is -1.98. The van der Waals surface area contributed by atoms with Crippen LogP contribution in [0.4, 0.5) is 5.69 Å². The van der Waals surface area contributed by atoms with E-state index in [2.05, 4.69) is 9.97 Å². The molecule has 0 spiro atoms. The predicted octanol–water partition coefficient (Wildman–Crippen LogP) is -3.56. The molecule has 22 heavy (non-hydrogen) atoms. The van der Waals surface area contributed by atoms with Crippen molar-refractivity contribution in [3.8, 4) is 0 Å². The van der Waals surface area contributed by atoms with E-state index in [4.69, 9.17) is 10.8 Å². The Hall–Kier alpha value is -2.24. The van der Waals surface area contributed by atoms with Gasteiger partial charge in [-0.25, -0.2) is 9.78 Å². The number of carbonyl (C=O) groups is 1. The van der Waals surface area contributed by atoms with Gasteiger partial charge < -0.3 is 40.6 Å². The second-order valence-corrected chi connectivity index (χ2v) is 4.64. The van der Waals surface area contributed by atoms with Crippen molar-refractivity contribution in [1.82, 2.24) is 9.97 Å². The third-order valence-corrected chi connectivity index (χ3v) is 3.13. The van der Waals surface area contributed by atoms with Gasteiger partial charge in [0.05, 0.1) is 16.6 Å². The Morgan fingerprint density at radius 3 is 2.45 bits per heavy atom. The molecule has 0 aliphatic heterocycles. The van der Waals surface area contributed by atoms with Crippen LogP contribution in [-0.4, -0.2) is 21.0 Å². The number of nitrogens with zero attached hydrogens (tertiary/aromatic N) is 1. The summed E-state index contributed by atoms with van der Waals surface area (Å²) in [7, 11) is 0. The number of fused-ring (bicyclic) bond motifs is 1. The molecule has 5 nitrogen and oxygen atoms in total. The molecule has 0 saturated carbocycles. The first-order chi connectivity index (χ1) is 9.61. The molecule has 0 aliphatic rings. The quantitative estimate of drug-likeness (QED) is 0.431. The highest BCUT2D eigenvalue weighted by Gasteiger charge is 2.08. The van der Waals surface area contributed by atoms with Crippen molar-refractivity contribution in [1.29, 1.82) is 0 Å². The topological polar surface area (TPSA) is 92.0 Å². The zero-order chi connectivity index (χ0) is 14.1. The summed E-state index contributed by atoms with van der Waals surface area (Å²) in [5.74, 6) is -0.145. The number of aromatic nitrogens is 2. The van der Waals surface area contributed by atoms with Crippen LogP contribution >= 0.6 is 0 Å². The third-order valence-electron chi connectivity index (χ3n) is 3.13. The number of benzene rings is 2. The molecule has 7 heteroatoms. The van der Waals surface area contributed by atoms with Crippen LogP contribution in [-0.2, 0) is 6.42 Å². The van der Waals surface area contributed by atoms with Crippen LogP contribution in [0.5, 0.6) is 0 Å². The van der Waals surface area contributed by atoms with Gasteiger partial charge in [-0.1, -0.05) is 12.1 Å². The molecule has 3 aromatic rings. The second-order valence-electron chi connectivity index (χ2n) is 4.64. The van der Waals surface area contributed by atoms with Crippen LogP contribution in [0, 0.1) is 0 Å². The fraction of sp³-hybridized carbons (Fsp3) is 0.0667. The molecule has 0 radical (unpaired) electrons. The van der Waals surface area contributed by atoms with Gasteiger partial charge in [0.25, 0.3) is 0 Å². The second kappa shape index (κ2) is 7.15. The number of carboxylic acid groups (broad SMARTS) is 1. The SMILES string of the molecule is Nc1ccc(Cc2nc3ccc(C(=O)O)cc3[nH]2)cc1.[Cl-].[Cl-]. The zero-order valence-corrected chi connectivity index (χ0v) is 12.9. The third kappa shape index (κ3) is 3.69. The van der Waals surface area contributed by atoms with Gasteiger partial charge in [0, 0.05) is 12.1 Å². The molecule has 0 saturated heterocycles. The van der Waals surface area contributed by atoms with Crippen LogP contribution in [0.1, 0.15) is 21.7 Å². The van der Waals surface area contributed by atoms with Gasteiger partial charge in [-0.2, -0.15) is 0 Å². The monoisotopic (exact) mass is 337 g/mol. The predicted molar refractivity (Wildman–Crippen MR) is 76.7 cm³/mol. The van der Waals surface area contributed by atoms with Gasteiger partial charge in [0.1, 0.15) is 5.82 Å². The van der Waals surface area contributed by atoms with Crippen molar-refractivity contribution in [3.63, 3.8) is 0 Å². The highest BCUT2D eigenvalue weighted by atomic mass is 35.5. The Labute approximate surface area is 139 Å². The number of nitrogens with two attached hydrogens (primary N) is 1. The first kappa shape index (κ1) is 17.8. The Bertz CT molecular complexity index is 785. The molecule has 1 aromatic heterocycles. The molecule has 1 heterocycles. The minimum atomic E-state index is -0.943. The summed E-state index contributed by atoms with van der Waals surface area (Å²) in [6.07, 6.45) is 0.650. The molecule has 3 rings (SSSR count). The number of nitrogens with one attached hydrogen (secondary N) is 1. The molecule has 0 aliphatic carbocycles. The summed E-state index contributed by atoms with van der Waals surface area (Å²) in [5.41, 5.74) is 9.21. The molecule has 0 bridgehead atoms. The molecule has 0 unspecified atom stereocenters. The highest BCUT2D eigenvalue weighted by molar-refractivity contribution is 5.92. The number of halogens is 2. The summed E-state index contributed by atoms with van der Waals surface area (Å²) < 4.78 is 0. The number of imidazole rings is 1. The van der Waals surface area contributed by atoms with E-state index >= 15 is 0 Å². The number of carboxylic acids is 1. The molecular weight excluding hydrogens is 325 g/mol. The summed E-state index contributed by atoms with van der Waals surface area (Å²) in [6, 6.07) is 12.5. The number of H-pyrrole nitrogens is 1. The van der Waals surface area contributed by atoms with Gasteiger partial charge in [0.2, 0.25) is 0 Å². The lowest BCUT2D eigenvalue weighted by atomic mass is 10.1. The number of rotatable bonds is 3. The minimum Gasteiger partial charge on any atom is -1.00 e. The van der Waals surface area contributed by atoms with Gasteiger partial charge in [-0.15, -0.1) is 0 Å². The number of anilines is 1. The van der Waals surface area contributed by atoms with Crippen molar-refractivity contribution in [2.75, 3.05) is 5.73 Å². The molecule has 2 aromatic carbocycles. The van der Waals surface area contributed by atoms with E-state index in [0.29, 0.717) is 6.42 Å². The van der Waals surface area contributed by atoms with E-state index in [1.165, 1.54) is 0 Å². The zero-order valence-electron chi connectivity index (χ0n) is 11.4. The van der Waals surface area contributed by atoms with Crippen molar-refractivity contribution >= 4 is 22.7 Å². The Morgan fingerprint density at radius 2 is 1.82 bits per heavy atom. The molecule has 0 amide bonds. The molecule has 0 atom stereocenters. The normalized spacial score (nSPS) is 9.82. The number of aromatic amines is 1. The maximum Gasteiger partial charge on any atom is 0.335 e. The summed E-state index contributed by atoms with van der Waals surface area (Å²) in [4.78, 5) is 18.5. The smallest absolute Gasteiger partial charge is 0.335 e. The van der Waals surface area contributed by atoms with Crippen LogP contribution in [0.25, 0.3) is 11.0 Å². The van der Waals surface area contributed by atoms with E-state index < -0.39 is 5.97 Å². The summed E-state index contributed by atoms with van der Waals surface area (Å²) in [6.45, 7) is 0. The molecule has 4 N–H and O–H groups in total. The van der Waals surface area contributed by atoms with Gasteiger partial charge in [0.15, 0.2) is 0 Å². The van der Waals surface area contributed by atoms with E-state index in [9.17, 15) is 4.79 Å². The van der Waals surface area contributed by atoms with E-state index in [1.54, 1.807) is 18.2 Å². The summed E-state index contributed by atoms with van der Waals surface area (Å²) in [5, 5.41) is 8.97. The first-order valence-electron chi connectivity index (χ1n) is 6.18. The minimum absolute atomic E-state index is 0. The molecule has 116 valence electrons. The fourth-order valence-electron chi connectivity index (χ4n) is 2.11. The number of aromatic carboxylic acids is 1. The fourth-order valence-corrected chi connectivity index (χ4v) is 2.11. The van der Waals surface area contributed by atoms with Crippen LogP contribution < -0.4 is 30.5 Å². The molecule has 0 fully saturated rings. The van der Waals surface area contributed by atoms with E-state index in [1.807, 2.05) is 24.3 Å². The van der Waals surface area contributed by atoms with Gasteiger partial charge >= 0.3 is 5.97 Å². The number of hydrogen-bond acceptors (Lipinski definition) is 3. The van der Waals surface area contributed by atoms with Crippen molar-refractivity contribution in [3.05, 3.63) is 59.4 Å². The van der Waals surface area contributed by atoms with Crippen molar-refractivity contribution in [2.45, 2.75) is 6.42 Å². The average Bonchev–Trinajstić information content (AvgIpc) is 2.82. The van der Waals surface area contributed by atoms with Crippen LogP contribution in [0.15, 0.2) is 42.5 Å².